The van der Waals surface area contributed by atoms with E-state index in [9.17, 15) is 9.59 Å². The van der Waals surface area contributed by atoms with Gasteiger partial charge in [0.15, 0.2) is 0 Å². The van der Waals surface area contributed by atoms with Gasteiger partial charge in [-0.25, -0.2) is 9.59 Å². The van der Waals surface area contributed by atoms with E-state index in [1.54, 1.807) is 0 Å². The average Bonchev–Trinajstić information content (AvgIpc) is 1.66. The molecule has 8 heavy (non-hydrogen) atoms. The number of carbonyl (C=O) groups excluding carboxylic acids is 1. The number of allylic oxidation sites excluding steroid dienone is 2. The zero-order chi connectivity index (χ0) is 6.41. The van der Waals surface area contributed by atoms with Gasteiger partial charge in [0.1, 0.15) is 5.94 Å². The highest BCUT2D eigenvalue weighted by Gasteiger charge is 1.78. The predicted octanol–water partition coefficient (Wildman–Crippen LogP) is 0.0150. The van der Waals surface area contributed by atoms with Crippen LogP contribution in [0.15, 0.2) is 18.2 Å². The molecule has 3 heteroatoms. The number of carboxylic acids is 1. The van der Waals surface area contributed by atoms with Crippen molar-refractivity contribution < 1.29 is 14.7 Å². The Balaban J connectivity index is 3.67. The first-order valence-corrected chi connectivity index (χ1v) is 1.88. The summed E-state index contributed by atoms with van der Waals surface area (Å²) in [5.41, 5.74) is 0. The molecule has 0 saturated heterocycles. The Morgan fingerprint density at radius 2 is 2.25 bits per heavy atom. The summed E-state index contributed by atoms with van der Waals surface area (Å²) in [7, 11) is 0. The monoisotopic (exact) mass is 112 g/mol. The van der Waals surface area contributed by atoms with Crippen LogP contribution in [0.3, 0.4) is 0 Å². The highest BCUT2D eigenvalue weighted by molar-refractivity contribution is 5.80. The van der Waals surface area contributed by atoms with Crippen molar-refractivity contribution in [3.63, 3.8) is 0 Å². The molecule has 0 heterocycles. The normalized spacial score (nSPS) is 8.50. The molecule has 0 spiro atoms. The highest BCUT2D eigenvalue weighted by atomic mass is 16.4. The second-order valence-corrected chi connectivity index (χ2v) is 0.982. The Kier molecular flexibility index (Phi) is 3.19. The number of aliphatic carboxylic acids is 1. The Morgan fingerprint density at radius 3 is 2.62 bits per heavy atom. The molecule has 0 radical (unpaired) electrons. The van der Waals surface area contributed by atoms with E-state index < -0.39 is 5.97 Å². The molecule has 0 aliphatic heterocycles. The standard InChI is InChI=1S/C5H4O3/c6-4-2-1-3-5(7)8/h1-3H,(H,7,8). The fourth-order valence-electron chi connectivity index (χ4n) is 0.170. The molecule has 0 rings (SSSR count). The summed E-state index contributed by atoms with van der Waals surface area (Å²) < 4.78 is 0. The van der Waals surface area contributed by atoms with Gasteiger partial charge in [0.05, 0.1) is 0 Å². The number of carboxylic acid groups (broad SMARTS) is 1. The van der Waals surface area contributed by atoms with Gasteiger partial charge in [0.25, 0.3) is 0 Å². The largest absolute Gasteiger partial charge is 0.478 e. The number of carbonyl (C=O) groups is 1. The van der Waals surface area contributed by atoms with E-state index in [0.717, 1.165) is 18.2 Å². The number of rotatable bonds is 2. The SMILES string of the molecule is O=C=CC=CC(=O)O. The van der Waals surface area contributed by atoms with Gasteiger partial charge in [-0.1, -0.05) is 0 Å². The highest BCUT2D eigenvalue weighted by Crippen LogP contribution is 1.69. The fourth-order valence-corrected chi connectivity index (χ4v) is 0.170. The zero-order valence-corrected chi connectivity index (χ0v) is 4.00. The molecule has 0 aromatic rings. The van der Waals surface area contributed by atoms with E-state index >= 15 is 0 Å². The molecule has 0 atom stereocenters. The lowest BCUT2D eigenvalue weighted by Crippen LogP contribution is -1.84. The molecule has 42 valence electrons. The Bertz CT molecular complexity index is 147. The summed E-state index contributed by atoms with van der Waals surface area (Å²) in [4.78, 5) is 19.0. The van der Waals surface area contributed by atoms with Gasteiger partial charge < -0.3 is 5.11 Å². The van der Waals surface area contributed by atoms with Crippen molar-refractivity contribution in [3.8, 4) is 0 Å². The minimum atomic E-state index is -1.07. The van der Waals surface area contributed by atoms with Gasteiger partial charge in [0, 0.05) is 12.2 Å². The first-order chi connectivity index (χ1) is 3.77. The Hall–Kier alpha value is -1.34. The maximum atomic E-state index is 9.64. The first kappa shape index (κ1) is 6.66. The minimum Gasteiger partial charge on any atom is -0.478 e. The van der Waals surface area contributed by atoms with E-state index in [1.807, 2.05) is 0 Å². The zero-order valence-electron chi connectivity index (χ0n) is 4.00. The molecular formula is C5H4O3. The van der Waals surface area contributed by atoms with Gasteiger partial charge in [-0.15, -0.1) is 0 Å². The first-order valence-electron chi connectivity index (χ1n) is 1.88. The lowest BCUT2D eigenvalue weighted by molar-refractivity contribution is -0.131. The summed E-state index contributed by atoms with van der Waals surface area (Å²) >= 11 is 0. The van der Waals surface area contributed by atoms with Crippen LogP contribution in [0, 0.1) is 0 Å². The Labute approximate surface area is 45.9 Å². The Morgan fingerprint density at radius 1 is 1.62 bits per heavy atom. The maximum Gasteiger partial charge on any atom is 0.328 e. The minimum absolute atomic E-state index is 0.852. The molecule has 0 aromatic heterocycles. The third-order valence-electron chi connectivity index (χ3n) is 0.403. The predicted molar refractivity (Wildman–Crippen MR) is 27.0 cm³/mol. The molecule has 3 nitrogen and oxygen atoms in total. The van der Waals surface area contributed by atoms with Crippen LogP contribution in [0.1, 0.15) is 0 Å². The second-order valence-electron chi connectivity index (χ2n) is 0.982. The van der Waals surface area contributed by atoms with Crippen LogP contribution in [0.5, 0.6) is 0 Å². The van der Waals surface area contributed by atoms with Crippen LogP contribution < -0.4 is 0 Å². The lowest BCUT2D eigenvalue weighted by Gasteiger charge is -1.69. The number of hydrogen-bond donors (Lipinski definition) is 1. The smallest absolute Gasteiger partial charge is 0.328 e. The summed E-state index contributed by atoms with van der Waals surface area (Å²) in [6.07, 6.45) is 2.94. The summed E-state index contributed by atoms with van der Waals surface area (Å²) in [5, 5.41) is 7.90. The quantitative estimate of drug-likeness (QED) is 0.311. The van der Waals surface area contributed by atoms with E-state index in [0.29, 0.717) is 0 Å². The number of hydrogen-bond acceptors (Lipinski definition) is 2. The molecule has 0 saturated carbocycles. The molecule has 0 aliphatic carbocycles. The van der Waals surface area contributed by atoms with Gasteiger partial charge in [-0.2, -0.15) is 0 Å². The van der Waals surface area contributed by atoms with Gasteiger partial charge in [-0.05, 0) is 6.08 Å². The molecular weight excluding hydrogens is 108 g/mol. The van der Waals surface area contributed by atoms with Gasteiger partial charge in [-0.3, -0.25) is 0 Å². The maximum absolute atomic E-state index is 9.64. The van der Waals surface area contributed by atoms with Crippen molar-refractivity contribution in [1.82, 2.24) is 0 Å². The van der Waals surface area contributed by atoms with E-state index in [4.69, 9.17) is 5.11 Å². The molecule has 0 aromatic carbocycles. The van der Waals surface area contributed by atoms with Crippen LogP contribution in [-0.2, 0) is 9.59 Å². The van der Waals surface area contributed by atoms with Gasteiger partial charge >= 0.3 is 5.97 Å². The van der Waals surface area contributed by atoms with E-state index in [-0.39, 0.29) is 0 Å². The summed E-state index contributed by atoms with van der Waals surface area (Å²) in [5.74, 6) is 0.325. The molecule has 0 amide bonds. The van der Waals surface area contributed by atoms with Crippen LogP contribution >= 0.6 is 0 Å². The van der Waals surface area contributed by atoms with Crippen molar-refractivity contribution in [1.29, 1.82) is 0 Å². The third-order valence-corrected chi connectivity index (χ3v) is 0.403. The molecule has 1 N–H and O–H groups in total. The fraction of sp³-hybridized carbons (Fsp3) is 0. The van der Waals surface area contributed by atoms with Crippen LogP contribution in [-0.4, -0.2) is 17.0 Å². The van der Waals surface area contributed by atoms with E-state index in [1.165, 1.54) is 5.94 Å². The molecule has 0 unspecified atom stereocenters. The van der Waals surface area contributed by atoms with Crippen LogP contribution in [0.2, 0.25) is 0 Å². The molecule has 0 aliphatic rings. The second kappa shape index (κ2) is 3.84. The average molecular weight is 112 g/mol. The lowest BCUT2D eigenvalue weighted by atomic mass is 10.5. The van der Waals surface area contributed by atoms with Crippen molar-refractivity contribution >= 4 is 11.9 Å². The third kappa shape index (κ3) is 4.66. The van der Waals surface area contributed by atoms with Crippen LogP contribution in [0.25, 0.3) is 0 Å². The van der Waals surface area contributed by atoms with Crippen molar-refractivity contribution in [3.05, 3.63) is 18.2 Å². The molecule has 0 fully saturated rings. The molecule has 0 bridgehead atoms. The topological polar surface area (TPSA) is 54.4 Å². The van der Waals surface area contributed by atoms with Crippen molar-refractivity contribution in [2.45, 2.75) is 0 Å². The van der Waals surface area contributed by atoms with Crippen LogP contribution in [0.4, 0.5) is 0 Å². The summed E-state index contributed by atoms with van der Waals surface area (Å²) in [6, 6.07) is 0. The van der Waals surface area contributed by atoms with Crippen molar-refractivity contribution in [2.24, 2.45) is 0 Å². The summed E-state index contributed by atoms with van der Waals surface area (Å²) in [6.45, 7) is 0. The van der Waals surface area contributed by atoms with Crippen molar-refractivity contribution in [2.75, 3.05) is 0 Å². The van der Waals surface area contributed by atoms with Gasteiger partial charge in [0.2, 0.25) is 0 Å². The van der Waals surface area contributed by atoms with E-state index in [2.05, 4.69) is 0 Å².